The van der Waals surface area contributed by atoms with Gasteiger partial charge >= 0.3 is 0 Å². The van der Waals surface area contributed by atoms with Crippen molar-refractivity contribution in [1.29, 1.82) is 0 Å². The number of hydrogen-bond donors (Lipinski definition) is 2. The molecule has 0 radical (unpaired) electrons. The molecular weight excluding hydrogens is 504 g/mol. The molecule has 0 heterocycles. The number of halogens is 4. The molecule has 0 rings (SSSR count). The van der Waals surface area contributed by atoms with Crippen LogP contribution < -0.4 is 10.6 Å². The zero-order valence-electron chi connectivity index (χ0n) is 23.2. The molecule has 31 heavy (non-hydrogen) atoms. The minimum Gasteiger partial charge on any atom is -0.312 e. The van der Waals surface area contributed by atoms with Gasteiger partial charge in [-0.3, -0.25) is 5.32 Å². The van der Waals surface area contributed by atoms with Gasteiger partial charge in [-0.15, -0.1) is 45.6 Å². The average molecular weight is 561 g/mol. The predicted octanol–water partition coefficient (Wildman–Crippen LogP) is 8.23. The molecule has 2 N–H and O–H groups in total. The number of nitrogens with zero attached hydrogens (tertiary/aromatic N) is 1. The molecule has 0 aromatic rings. The third-order valence-electron chi connectivity index (χ3n) is 3.01. The van der Waals surface area contributed by atoms with Crippen LogP contribution in [0.25, 0.3) is 0 Å². The molecular formula is C22H56Cl4N3Si2+. The fraction of sp³-hybridized carbons (Fsp3) is 0.955. The summed E-state index contributed by atoms with van der Waals surface area (Å²) in [7, 11) is -1.61. The zero-order valence-corrected chi connectivity index (χ0v) is 28.2. The molecule has 1 atom stereocenters. The standard InChI is InChI=1S/C8H20ClNSi.C6H15N.C6H14N.C2H6Cl2Si.ClH/c1-7(2)10(8(3)4)11(5,6)9;2*1-5(2)7-6(3)4;1-5(2,3)4;/h7-8H,1-6H3;5-7H,1-4H3;5-7H,1H2,2-4H3;1-2H3;1H/q;;+1;;. The third-order valence-corrected chi connectivity index (χ3v) is 5.86. The minimum atomic E-state index is -1.67. The number of hydrogen-bond acceptors (Lipinski definition) is 3. The van der Waals surface area contributed by atoms with Crippen molar-refractivity contribution < 1.29 is 0 Å². The molecule has 194 valence electrons. The molecule has 0 saturated carbocycles. The third kappa shape index (κ3) is 49.5. The molecule has 0 spiro atoms. The van der Waals surface area contributed by atoms with Crippen LogP contribution in [0.5, 0.6) is 0 Å². The molecule has 1 unspecified atom stereocenters. The Kier molecular flexibility index (Phi) is 30.0. The molecule has 0 bridgehead atoms. The van der Waals surface area contributed by atoms with E-state index in [9.17, 15) is 0 Å². The molecule has 0 aliphatic carbocycles. The Morgan fingerprint density at radius 2 is 0.839 bits per heavy atom. The topological polar surface area (TPSA) is 27.3 Å². The summed E-state index contributed by atoms with van der Waals surface area (Å²) in [6.07, 6.45) is 0. The van der Waals surface area contributed by atoms with Crippen molar-refractivity contribution in [1.82, 2.24) is 15.2 Å². The van der Waals surface area contributed by atoms with E-state index >= 15 is 0 Å². The smallest absolute Gasteiger partial charge is 0.245 e. The lowest BCUT2D eigenvalue weighted by Gasteiger charge is -2.38. The predicted molar refractivity (Wildman–Crippen MR) is 158 cm³/mol. The van der Waals surface area contributed by atoms with Gasteiger partial charge in [-0.2, -0.15) is 0 Å². The van der Waals surface area contributed by atoms with E-state index < -0.39 is 14.2 Å². The van der Waals surface area contributed by atoms with Crippen molar-refractivity contribution in [3.8, 4) is 0 Å². The molecule has 9 heteroatoms. The Bertz CT molecular complexity index is 329. The van der Waals surface area contributed by atoms with Crippen LogP contribution in [0.1, 0.15) is 76.2 Å². The second-order valence-electron chi connectivity index (χ2n) is 10.0. The Labute approximate surface area is 219 Å². The van der Waals surface area contributed by atoms with Crippen LogP contribution in [-0.4, -0.2) is 55.1 Å². The summed E-state index contributed by atoms with van der Waals surface area (Å²) < 4.78 is 2.43. The van der Waals surface area contributed by atoms with Crippen LogP contribution in [-0.2, 0) is 0 Å². The maximum atomic E-state index is 6.35. The van der Waals surface area contributed by atoms with Crippen LogP contribution in [0, 0.1) is 6.92 Å². The monoisotopic (exact) mass is 558 g/mol. The Hall–Kier alpha value is 1.34. The van der Waals surface area contributed by atoms with Gasteiger partial charge in [0.2, 0.25) is 14.2 Å². The molecule has 0 amide bonds. The van der Waals surface area contributed by atoms with Gasteiger partial charge in [0.05, 0.1) is 6.92 Å². The summed E-state index contributed by atoms with van der Waals surface area (Å²) in [5.74, 6) is 0. The fourth-order valence-corrected chi connectivity index (χ4v) is 6.69. The van der Waals surface area contributed by atoms with Crippen LogP contribution >= 0.6 is 45.6 Å². The summed E-state index contributed by atoms with van der Waals surface area (Å²) in [5, 5.41) is 6.50. The van der Waals surface area contributed by atoms with Crippen molar-refractivity contribution in [2.45, 2.75) is 139 Å². The number of rotatable bonds is 7. The van der Waals surface area contributed by atoms with E-state index in [1.165, 1.54) is 0 Å². The highest BCUT2D eigenvalue weighted by atomic mass is 35.7. The van der Waals surface area contributed by atoms with E-state index in [0.717, 1.165) is 0 Å². The molecule has 0 aliphatic rings. The lowest BCUT2D eigenvalue weighted by atomic mass is 10.3. The lowest BCUT2D eigenvalue weighted by molar-refractivity contribution is 0.302. The summed E-state index contributed by atoms with van der Waals surface area (Å²) in [6, 6.07) is 3.32. The molecule has 0 aliphatic heterocycles. The first-order valence-corrected chi connectivity index (χ1v) is 20.2. The first-order valence-electron chi connectivity index (χ1n) is 11.2. The van der Waals surface area contributed by atoms with E-state index in [4.69, 9.17) is 33.2 Å². The number of nitrogens with one attached hydrogen (secondary N) is 2. The van der Waals surface area contributed by atoms with Gasteiger partial charge < -0.3 is 9.88 Å². The zero-order chi connectivity index (χ0) is 25.5. The Morgan fingerprint density at radius 1 is 0.613 bits per heavy atom. The van der Waals surface area contributed by atoms with E-state index in [0.29, 0.717) is 36.3 Å². The maximum absolute atomic E-state index is 6.35. The van der Waals surface area contributed by atoms with E-state index in [1.807, 2.05) is 20.0 Å². The van der Waals surface area contributed by atoms with Gasteiger partial charge in [0.15, 0.2) is 0 Å². The molecule has 0 aromatic carbocycles. The Balaban J connectivity index is -0.0000001000. The minimum absolute atomic E-state index is 0. The highest BCUT2D eigenvalue weighted by Gasteiger charge is 2.31. The Morgan fingerprint density at radius 3 is 0.839 bits per heavy atom. The summed E-state index contributed by atoms with van der Waals surface area (Å²) in [5.41, 5.74) is 0. The second kappa shape index (κ2) is 21.8. The van der Waals surface area contributed by atoms with Crippen molar-refractivity contribution in [3.05, 3.63) is 6.92 Å². The SMILES string of the molecule is CC(C)N(C(C)C)[Si](C)(C)Cl.CC(C)NC(C)C.C[Si](C)(Cl)Cl.Cl.[CH2+]C(C)NC(C)C. The van der Waals surface area contributed by atoms with Gasteiger partial charge in [0.1, 0.15) is 6.04 Å². The molecule has 0 saturated heterocycles. The van der Waals surface area contributed by atoms with E-state index in [1.54, 1.807) is 0 Å². The van der Waals surface area contributed by atoms with Crippen LogP contribution in [0.2, 0.25) is 26.2 Å². The van der Waals surface area contributed by atoms with Gasteiger partial charge in [-0.1, -0.05) is 55.4 Å². The quantitative estimate of drug-likeness (QED) is 0.187. The largest absolute Gasteiger partial charge is 0.312 e. The van der Waals surface area contributed by atoms with Crippen molar-refractivity contribution >= 4 is 59.9 Å². The highest BCUT2D eigenvalue weighted by Crippen LogP contribution is 2.20. The average Bonchev–Trinajstić information content (AvgIpc) is 2.30. The maximum Gasteiger partial charge on any atom is 0.245 e. The van der Waals surface area contributed by atoms with E-state index in [2.05, 4.69) is 104 Å². The highest BCUT2D eigenvalue weighted by molar-refractivity contribution is 7.44. The molecule has 0 fully saturated rings. The van der Waals surface area contributed by atoms with Crippen LogP contribution in [0.3, 0.4) is 0 Å². The van der Waals surface area contributed by atoms with Gasteiger partial charge in [-0.25, -0.2) is 0 Å². The first kappa shape index (κ1) is 42.5. The summed E-state index contributed by atoms with van der Waals surface area (Å²) >= 11 is 17.2. The summed E-state index contributed by atoms with van der Waals surface area (Å²) in [6.45, 7) is 33.9. The molecule has 0 aromatic heterocycles. The van der Waals surface area contributed by atoms with Crippen molar-refractivity contribution in [3.63, 3.8) is 0 Å². The van der Waals surface area contributed by atoms with Crippen LogP contribution in [0.4, 0.5) is 0 Å². The normalized spacial score (nSPS) is 12.6. The van der Waals surface area contributed by atoms with Gasteiger partial charge in [-0.05, 0) is 59.0 Å². The van der Waals surface area contributed by atoms with Crippen LogP contribution in [0.15, 0.2) is 0 Å². The van der Waals surface area contributed by atoms with E-state index in [-0.39, 0.29) is 12.4 Å². The van der Waals surface area contributed by atoms with Crippen molar-refractivity contribution in [2.24, 2.45) is 0 Å². The van der Waals surface area contributed by atoms with Crippen molar-refractivity contribution in [2.75, 3.05) is 0 Å². The van der Waals surface area contributed by atoms with Gasteiger partial charge in [0.25, 0.3) is 0 Å². The van der Waals surface area contributed by atoms with Gasteiger partial charge in [0, 0.05) is 18.1 Å². The second-order valence-corrected chi connectivity index (χ2v) is 25.0. The first-order chi connectivity index (χ1) is 13.0. The molecule has 3 nitrogen and oxygen atoms in total. The fourth-order valence-electron chi connectivity index (χ4n) is 3.06. The summed E-state index contributed by atoms with van der Waals surface area (Å²) in [4.78, 5) is 0. The lowest BCUT2D eigenvalue weighted by Crippen LogP contribution is -2.52.